The molecule has 2 N–H and O–H groups in total. The van der Waals surface area contributed by atoms with Crippen LogP contribution in [0.25, 0.3) is 0 Å². The quantitative estimate of drug-likeness (QED) is 0.908. The van der Waals surface area contributed by atoms with E-state index in [1.54, 1.807) is 12.3 Å². The molecule has 1 aliphatic heterocycles. The largest absolute Gasteiger partial charge is 0.486 e. The summed E-state index contributed by atoms with van der Waals surface area (Å²) in [6.07, 6.45) is 1.61. The van der Waals surface area contributed by atoms with E-state index in [9.17, 15) is 4.79 Å². The van der Waals surface area contributed by atoms with E-state index >= 15 is 0 Å². The zero-order valence-corrected chi connectivity index (χ0v) is 13.1. The lowest BCUT2D eigenvalue weighted by Crippen LogP contribution is -2.30. The fourth-order valence-corrected chi connectivity index (χ4v) is 2.26. The summed E-state index contributed by atoms with van der Waals surface area (Å²) in [6, 6.07) is 9.24. The zero-order chi connectivity index (χ0) is 16.2. The predicted molar refractivity (Wildman–Crippen MR) is 87.6 cm³/mol. The van der Waals surface area contributed by atoms with Gasteiger partial charge in [-0.05, 0) is 38.1 Å². The van der Waals surface area contributed by atoms with Crippen molar-refractivity contribution in [3.8, 4) is 11.5 Å². The monoisotopic (exact) mass is 313 g/mol. The summed E-state index contributed by atoms with van der Waals surface area (Å²) >= 11 is 0. The fraction of sp³-hybridized carbons (Fsp3) is 0.294. The topological polar surface area (TPSA) is 72.5 Å². The van der Waals surface area contributed by atoms with Crippen molar-refractivity contribution < 1.29 is 14.3 Å². The van der Waals surface area contributed by atoms with Crippen molar-refractivity contribution in [2.45, 2.75) is 19.9 Å². The number of aromatic nitrogens is 1. The van der Waals surface area contributed by atoms with Gasteiger partial charge < -0.3 is 20.1 Å². The predicted octanol–water partition coefficient (Wildman–Crippen LogP) is 2.73. The van der Waals surface area contributed by atoms with Gasteiger partial charge in [0, 0.05) is 29.7 Å². The number of anilines is 2. The second-order valence-corrected chi connectivity index (χ2v) is 5.54. The zero-order valence-electron chi connectivity index (χ0n) is 13.1. The maximum Gasteiger partial charge on any atom is 0.270 e. The number of benzene rings is 1. The van der Waals surface area contributed by atoms with Crippen LogP contribution >= 0.6 is 0 Å². The molecule has 1 aliphatic rings. The van der Waals surface area contributed by atoms with E-state index in [1.165, 1.54) is 0 Å². The molecule has 1 aromatic carbocycles. The summed E-state index contributed by atoms with van der Waals surface area (Å²) in [7, 11) is 0. The Kier molecular flexibility index (Phi) is 4.32. The molecule has 6 nitrogen and oxygen atoms in total. The number of nitrogens with one attached hydrogen (secondary N) is 2. The van der Waals surface area contributed by atoms with E-state index < -0.39 is 0 Å². The van der Waals surface area contributed by atoms with Gasteiger partial charge in [0.05, 0.1) is 0 Å². The first-order valence-corrected chi connectivity index (χ1v) is 7.55. The summed E-state index contributed by atoms with van der Waals surface area (Å²) in [4.78, 5) is 16.1. The lowest BCUT2D eigenvalue weighted by atomic mass is 10.2. The molecule has 0 saturated carbocycles. The van der Waals surface area contributed by atoms with Crippen molar-refractivity contribution in [2.24, 2.45) is 0 Å². The van der Waals surface area contributed by atoms with Gasteiger partial charge in [0.1, 0.15) is 18.9 Å². The molecule has 2 heterocycles. The number of carbonyl (C=O) groups excluding carboxylic acids is 1. The highest BCUT2D eigenvalue weighted by molar-refractivity contribution is 5.93. The van der Waals surface area contributed by atoms with Crippen LogP contribution in [0, 0.1) is 0 Å². The van der Waals surface area contributed by atoms with Gasteiger partial charge in [-0.25, -0.2) is 0 Å². The lowest BCUT2D eigenvalue weighted by Gasteiger charge is -2.19. The molecule has 3 rings (SSSR count). The third-order valence-electron chi connectivity index (χ3n) is 3.24. The average Bonchev–Trinajstić information content (AvgIpc) is 2.54. The summed E-state index contributed by atoms with van der Waals surface area (Å²) < 4.78 is 11.1. The van der Waals surface area contributed by atoms with Crippen LogP contribution in [0.1, 0.15) is 24.3 Å². The van der Waals surface area contributed by atoms with Crippen molar-refractivity contribution in [3.05, 3.63) is 42.2 Å². The van der Waals surface area contributed by atoms with Crippen LogP contribution in [-0.4, -0.2) is 30.1 Å². The number of hydrogen-bond acceptors (Lipinski definition) is 5. The SMILES string of the molecule is CC(C)NC(=O)c1cc(Nc2ccc3c(c2)OCCO3)ccn1. The molecule has 0 aliphatic carbocycles. The first-order chi connectivity index (χ1) is 11.1. The summed E-state index contributed by atoms with van der Waals surface area (Å²) in [6.45, 7) is 4.94. The number of carbonyl (C=O) groups is 1. The van der Waals surface area contributed by atoms with Gasteiger partial charge in [-0.2, -0.15) is 0 Å². The summed E-state index contributed by atoms with van der Waals surface area (Å²) in [5.41, 5.74) is 2.02. The van der Waals surface area contributed by atoms with Gasteiger partial charge in [0.25, 0.3) is 5.91 Å². The van der Waals surface area contributed by atoms with Crippen LogP contribution < -0.4 is 20.1 Å². The van der Waals surface area contributed by atoms with Gasteiger partial charge >= 0.3 is 0 Å². The minimum Gasteiger partial charge on any atom is -0.486 e. The molecule has 23 heavy (non-hydrogen) atoms. The third kappa shape index (κ3) is 3.71. The highest BCUT2D eigenvalue weighted by Gasteiger charge is 2.13. The molecule has 0 fully saturated rings. The van der Waals surface area contributed by atoms with Crippen LogP contribution in [0.5, 0.6) is 11.5 Å². The van der Waals surface area contributed by atoms with Gasteiger partial charge in [-0.3, -0.25) is 9.78 Å². The molecule has 0 radical (unpaired) electrons. The molecule has 0 saturated heterocycles. The maximum absolute atomic E-state index is 12.0. The second kappa shape index (κ2) is 6.56. The fourth-order valence-electron chi connectivity index (χ4n) is 2.26. The van der Waals surface area contributed by atoms with Crippen molar-refractivity contribution >= 4 is 17.3 Å². The molecule has 1 aromatic heterocycles. The van der Waals surface area contributed by atoms with Crippen LogP contribution in [0.3, 0.4) is 0 Å². The van der Waals surface area contributed by atoms with E-state index in [-0.39, 0.29) is 11.9 Å². The smallest absolute Gasteiger partial charge is 0.270 e. The first kappa shape index (κ1) is 15.1. The highest BCUT2D eigenvalue weighted by atomic mass is 16.6. The minimum absolute atomic E-state index is 0.0682. The molecule has 120 valence electrons. The lowest BCUT2D eigenvalue weighted by molar-refractivity contribution is 0.0938. The molecule has 0 bridgehead atoms. The summed E-state index contributed by atoms with van der Waals surface area (Å²) in [5, 5.41) is 6.07. The van der Waals surface area contributed by atoms with Crippen LogP contribution in [-0.2, 0) is 0 Å². The van der Waals surface area contributed by atoms with E-state index in [1.807, 2.05) is 38.1 Å². The molecular weight excluding hydrogens is 294 g/mol. The van der Waals surface area contributed by atoms with E-state index in [2.05, 4.69) is 15.6 Å². The van der Waals surface area contributed by atoms with Crippen molar-refractivity contribution in [1.29, 1.82) is 0 Å². The normalized spacial score (nSPS) is 12.8. The molecular formula is C17H19N3O3. The van der Waals surface area contributed by atoms with Crippen molar-refractivity contribution in [1.82, 2.24) is 10.3 Å². The van der Waals surface area contributed by atoms with E-state index in [0.717, 1.165) is 17.1 Å². The van der Waals surface area contributed by atoms with Gasteiger partial charge in [0.15, 0.2) is 11.5 Å². The Labute approximate surface area is 134 Å². The van der Waals surface area contributed by atoms with Crippen LogP contribution in [0.15, 0.2) is 36.5 Å². The molecule has 2 aromatic rings. The van der Waals surface area contributed by atoms with E-state index in [4.69, 9.17) is 9.47 Å². The van der Waals surface area contributed by atoms with Crippen LogP contribution in [0.4, 0.5) is 11.4 Å². The molecule has 0 atom stereocenters. The van der Waals surface area contributed by atoms with Crippen LogP contribution in [0.2, 0.25) is 0 Å². The number of nitrogens with zero attached hydrogens (tertiary/aromatic N) is 1. The third-order valence-corrected chi connectivity index (χ3v) is 3.24. The number of ether oxygens (including phenoxy) is 2. The Morgan fingerprint density at radius 1 is 1.09 bits per heavy atom. The highest BCUT2D eigenvalue weighted by Crippen LogP contribution is 2.33. The Hall–Kier alpha value is -2.76. The number of pyridine rings is 1. The van der Waals surface area contributed by atoms with Gasteiger partial charge in [-0.15, -0.1) is 0 Å². The Bertz CT molecular complexity index is 716. The molecule has 1 amide bonds. The first-order valence-electron chi connectivity index (χ1n) is 7.55. The molecule has 6 heteroatoms. The number of amides is 1. The average molecular weight is 313 g/mol. The van der Waals surface area contributed by atoms with E-state index in [0.29, 0.717) is 24.7 Å². The maximum atomic E-state index is 12.0. The molecule has 0 spiro atoms. The van der Waals surface area contributed by atoms with Crippen molar-refractivity contribution in [3.63, 3.8) is 0 Å². The van der Waals surface area contributed by atoms with Gasteiger partial charge in [0.2, 0.25) is 0 Å². The minimum atomic E-state index is -0.189. The number of fused-ring (bicyclic) bond motifs is 1. The second-order valence-electron chi connectivity index (χ2n) is 5.54. The molecule has 0 unspecified atom stereocenters. The van der Waals surface area contributed by atoms with Gasteiger partial charge in [-0.1, -0.05) is 0 Å². The van der Waals surface area contributed by atoms with Crippen molar-refractivity contribution in [2.75, 3.05) is 18.5 Å². The standard InChI is InChI=1S/C17H19N3O3/c1-11(2)19-17(21)14-9-13(5-6-18-14)20-12-3-4-15-16(10-12)23-8-7-22-15/h3-6,9-11H,7-8H2,1-2H3,(H,18,20)(H,19,21). The Morgan fingerprint density at radius 2 is 1.83 bits per heavy atom. The Morgan fingerprint density at radius 3 is 2.61 bits per heavy atom. The number of rotatable bonds is 4. The number of hydrogen-bond donors (Lipinski definition) is 2. The summed E-state index contributed by atoms with van der Waals surface area (Å²) in [5.74, 6) is 1.27. The Balaban J connectivity index is 1.76.